The molecule has 2 aromatic carbocycles. The molecule has 5 nitrogen and oxygen atoms in total. The maximum absolute atomic E-state index is 12.1. The summed E-state index contributed by atoms with van der Waals surface area (Å²) in [5, 5.41) is 3.62. The zero-order valence-electron chi connectivity index (χ0n) is 17.7. The van der Waals surface area contributed by atoms with E-state index in [9.17, 15) is 4.79 Å². The maximum Gasteiger partial charge on any atom is 0.410 e. The summed E-state index contributed by atoms with van der Waals surface area (Å²) in [6, 6.07) is 18.5. The molecule has 1 fully saturated rings. The second kappa shape index (κ2) is 9.79. The number of carbonyl (C=O) groups excluding carboxylic acids is 1. The summed E-state index contributed by atoms with van der Waals surface area (Å²) in [5.41, 5.74) is 0.845. The Kier molecular flexibility index (Phi) is 7.15. The summed E-state index contributed by atoms with van der Waals surface area (Å²) in [5.74, 6) is 1.70. The Morgan fingerprint density at radius 3 is 2.24 bits per heavy atom. The topological polar surface area (TPSA) is 50.8 Å². The first-order chi connectivity index (χ1) is 13.9. The highest BCUT2D eigenvalue weighted by Crippen LogP contribution is 2.21. The maximum atomic E-state index is 12.1. The molecule has 2 aromatic rings. The lowest BCUT2D eigenvalue weighted by Gasteiger charge is -2.33. The van der Waals surface area contributed by atoms with Crippen LogP contribution in [0.5, 0.6) is 11.5 Å². The van der Waals surface area contributed by atoms with Gasteiger partial charge >= 0.3 is 6.09 Å². The number of nitrogens with one attached hydrogen (secondary N) is 1. The lowest BCUT2D eigenvalue weighted by Crippen LogP contribution is -2.46. The molecular weight excluding hydrogens is 364 g/mol. The van der Waals surface area contributed by atoms with E-state index in [-0.39, 0.29) is 6.09 Å². The molecule has 0 aliphatic carbocycles. The van der Waals surface area contributed by atoms with Gasteiger partial charge in [0.15, 0.2) is 0 Å². The molecule has 1 amide bonds. The van der Waals surface area contributed by atoms with E-state index in [1.165, 1.54) is 5.56 Å². The van der Waals surface area contributed by atoms with E-state index in [4.69, 9.17) is 9.47 Å². The molecular formula is C24H32N2O3. The number of ether oxygens (including phenoxy) is 2. The standard InChI is InChI=1S/C24H32N2O3/c1-24(2,3)29-23(27)26-17-14-20(15-18-26)25-16-13-19-9-11-22(12-10-19)28-21-7-5-4-6-8-21/h4-12,20,25H,13-18H2,1-3H3. The molecule has 0 aromatic heterocycles. The van der Waals surface area contributed by atoms with Crippen molar-refractivity contribution in [2.24, 2.45) is 0 Å². The molecule has 5 heteroatoms. The third-order valence-electron chi connectivity index (χ3n) is 4.90. The number of carbonyl (C=O) groups is 1. The van der Waals surface area contributed by atoms with E-state index < -0.39 is 5.60 Å². The van der Waals surface area contributed by atoms with Crippen LogP contribution in [0.25, 0.3) is 0 Å². The molecule has 1 aliphatic heterocycles. The number of hydrogen-bond acceptors (Lipinski definition) is 4. The molecule has 1 saturated heterocycles. The van der Waals surface area contributed by atoms with Gasteiger partial charge in [-0.15, -0.1) is 0 Å². The van der Waals surface area contributed by atoms with Crippen LogP contribution < -0.4 is 10.1 Å². The molecule has 29 heavy (non-hydrogen) atoms. The Morgan fingerprint density at radius 2 is 1.62 bits per heavy atom. The Balaban J connectivity index is 1.36. The van der Waals surface area contributed by atoms with Crippen molar-refractivity contribution in [1.82, 2.24) is 10.2 Å². The van der Waals surface area contributed by atoms with Gasteiger partial charge in [0.2, 0.25) is 0 Å². The number of hydrogen-bond donors (Lipinski definition) is 1. The minimum absolute atomic E-state index is 0.200. The smallest absolute Gasteiger partial charge is 0.410 e. The Morgan fingerprint density at radius 1 is 1.00 bits per heavy atom. The van der Waals surface area contributed by atoms with Gasteiger partial charge in [-0.05, 0) is 76.4 Å². The van der Waals surface area contributed by atoms with Crippen molar-refractivity contribution in [3.63, 3.8) is 0 Å². The van der Waals surface area contributed by atoms with Gasteiger partial charge in [-0.1, -0.05) is 30.3 Å². The predicted octanol–water partition coefficient (Wildman–Crippen LogP) is 5.01. The molecule has 1 aliphatic rings. The lowest BCUT2D eigenvalue weighted by atomic mass is 10.0. The zero-order valence-corrected chi connectivity index (χ0v) is 17.7. The van der Waals surface area contributed by atoms with Gasteiger partial charge < -0.3 is 19.7 Å². The Labute approximate surface area is 174 Å². The molecule has 0 bridgehead atoms. The highest BCUT2D eigenvalue weighted by Gasteiger charge is 2.26. The Bertz CT molecular complexity index is 761. The van der Waals surface area contributed by atoms with Crippen LogP contribution in [0, 0.1) is 0 Å². The summed E-state index contributed by atoms with van der Waals surface area (Å²) < 4.78 is 11.3. The van der Waals surface area contributed by atoms with Crippen molar-refractivity contribution < 1.29 is 14.3 Å². The van der Waals surface area contributed by atoms with Gasteiger partial charge in [-0.3, -0.25) is 0 Å². The number of likely N-dealkylation sites (tertiary alicyclic amines) is 1. The molecule has 1 N–H and O–H groups in total. The van der Waals surface area contributed by atoms with Gasteiger partial charge in [0, 0.05) is 19.1 Å². The third-order valence-corrected chi connectivity index (χ3v) is 4.90. The summed E-state index contributed by atoms with van der Waals surface area (Å²) in [6.07, 6.45) is 2.69. The second-order valence-corrected chi connectivity index (χ2v) is 8.50. The Hall–Kier alpha value is -2.53. The highest BCUT2D eigenvalue weighted by atomic mass is 16.6. The van der Waals surface area contributed by atoms with Gasteiger partial charge in [0.25, 0.3) is 0 Å². The van der Waals surface area contributed by atoms with Crippen molar-refractivity contribution >= 4 is 6.09 Å². The fourth-order valence-corrected chi connectivity index (χ4v) is 3.36. The second-order valence-electron chi connectivity index (χ2n) is 8.50. The largest absolute Gasteiger partial charge is 0.457 e. The van der Waals surface area contributed by atoms with Crippen LogP contribution in [-0.4, -0.2) is 42.3 Å². The minimum Gasteiger partial charge on any atom is -0.457 e. The van der Waals surface area contributed by atoms with Crippen LogP contribution >= 0.6 is 0 Å². The molecule has 156 valence electrons. The fourth-order valence-electron chi connectivity index (χ4n) is 3.36. The molecule has 3 rings (SSSR count). The van der Waals surface area contributed by atoms with Crippen LogP contribution in [-0.2, 0) is 11.2 Å². The van der Waals surface area contributed by atoms with Crippen molar-refractivity contribution in [3.05, 3.63) is 60.2 Å². The first-order valence-corrected chi connectivity index (χ1v) is 10.4. The first-order valence-electron chi connectivity index (χ1n) is 10.4. The van der Waals surface area contributed by atoms with Gasteiger partial charge in [0.05, 0.1) is 0 Å². The van der Waals surface area contributed by atoms with Gasteiger partial charge in [0.1, 0.15) is 17.1 Å². The third kappa shape index (κ3) is 7.09. The number of benzene rings is 2. The van der Waals surface area contributed by atoms with E-state index in [0.717, 1.165) is 50.4 Å². The quantitative estimate of drug-likeness (QED) is 0.746. The van der Waals surface area contributed by atoms with Crippen molar-refractivity contribution in [3.8, 4) is 11.5 Å². The molecule has 1 heterocycles. The average molecular weight is 397 g/mol. The molecule has 0 saturated carbocycles. The van der Waals surface area contributed by atoms with Gasteiger partial charge in [-0.2, -0.15) is 0 Å². The van der Waals surface area contributed by atoms with Crippen molar-refractivity contribution in [2.45, 2.75) is 51.7 Å². The summed E-state index contributed by atoms with van der Waals surface area (Å²) in [7, 11) is 0. The SMILES string of the molecule is CC(C)(C)OC(=O)N1CCC(NCCc2ccc(Oc3ccccc3)cc2)CC1. The lowest BCUT2D eigenvalue weighted by molar-refractivity contribution is 0.0198. The molecule has 0 atom stereocenters. The van der Waals surface area contributed by atoms with Crippen LogP contribution in [0.15, 0.2) is 54.6 Å². The van der Waals surface area contributed by atoms with Crippen LogP contribution in [0.1, 0.15) is 39.2 Å². The molecule has 0 spiro atoms. The first kappa shape index (κ1) is 21.2. The average Bonchev–Trinajstić information content (AvgIpc) is 2.69. The molecule has 0 radical (unpaired) electrons. The van der Waals surface area contributed by atoms with Crippen molar-refractivity contribution in [1.29, 1.82) is 0 Å². The van der Waals surface area contributed by atoms with E-state index in [2.05, 4.69) is 17.4 Å². The highest BCUT2D eigenvalue weighted by molar-refractivity contribution is 5.68. The monoisotopic (exact) mass is 396 g/mol. The van der Waals surface area contributed by atoms with Crippen LogP contribution in [0.3, 0.4) is 0 Å². The summed E-state index contributed by atoms with van der Waals surface area (Å²) in [4.78, 5) is 13.9. The van der Waals surface area contributed by atoms with E-state index in [0.29, 0.717) is 6.04 Å². The van der Waals surface area contributed by atoms with Crippen molar-refractivity contribution in [2.75, 3.05) is 19.6 Å². The molecule has 0 unspecified atom stereocenters. The van der Waals surface area contributed by atoms with E-state index in [1.54, 1.807) is 0 Å². The minimum atomic E-state index is -0.437. The predicted molar refractivity (Wildman–Crippen MR) is 115 cm³/mol. The van der Waals surface area contributed by atoms with E-state index in [1.807, 2.05) is 68.1 Å². The normalized spacial score (nSPS) is 15.2. The number of para-hydroxylation sites is 1. The van der Waals surface area contributed by atoms with Crippen LogP contribution in [0.2, 0.25) is 0 Å². The fraction of sp³-hybridized carbons (Fsp3) is 0.458. The number of piperidine rings is 1. The summed E-state index contributed by atoms with van der Waals surface area (Å²) in [6.45, 7) is 8.13. The number of amides is 1. The number of rotatable bonds is 6. The van der Waals surface area contributed by atoms with Crippen LogP contribution in [0.4, 0.5) is 4.79 Å². The summed E-state index contributed by atoms with van der Waals surface area (Å²) >= 11 is 0. The van der Waals surface area contributed by atoms with E-state index >= 15 is 0 Å². The zero-order chi connectivity index (χ0) is 20.7. The number of nitrogens with zero attached hydrogens (tertiary/aromatic N) is 1. The van der Waals surface area contributed by atoms with Gasteiger partial charge in [-0.25, -0.2) is 4.79 Å².